The molecule has 4 heterocycles. The van der Waals surface area contributed by atoms with Crippen molar-refractivity contribution < 1.29 is 27.5 Å². The monoisotopic (exact) mass is 590 g/mol. The van der Waals surface area contributed by atoms with Gasteiger partial charge in [-0.05, 0) is 36.2 Å². The first-order valence-electron chi connectivity index (χ1n) is 11.9. The molecule has 0 saturated carbocycles. The predicted molar refractivity (Wildman–Crippen MR) is 141 cm³/mol. The average Bonchev–Trinajstić information content (AvgIpc) is 3.66. The van der Waals surface area contributed by atoms with E-state index < -0.39 is 18.0 Å². The molecular formula is C24H21F3N8O3S2. The van der Waals surface area contributed by atoms with Crippen molar-refractivity contribution in [3.05, 3.63) is 63.6 Å². The summed E-state index contributed by atoms with van der Waals surface area (Å²) >= 11 is 2.77. The number of ether oxygens (including phenoxy) is 1. The van der Waals surface area contributed by atoms with E-state index in [1.165, 1.54) is 34.8 Å². The number of hydrogen-bond acceptors (Lipinski definition) is 11. The number of nitrogens with one attached hydrogen (secondary N) is 2. The lowest BCUT2D eigenvalue weighted by Gasteiger charge is -2.16. The lowest BCUT2D eigenvalue weighted by molar-refractivity contribution is -0.274. The van der Waals surface area contributed by atoms with Gasteiger partial charge in [-0.3, -0.25) is 9.59 Å². The summed E-state index contributed by atoms with van der Waals surface area (Å²) in [5.74, 6) is -0.105. The molecule has 3 aromatic heterocycles. The van der Waals surface area contributed by atoms with Crippen LogP contribution in [0.5, 0.6) is 5.75 Å². The molecule has 1 atom stereocenters. The fraction of sp³-hybridized carbons (Fsp3) is 0.292. The summed E-state index contributed by atoms with van der Waals surface area (Å²) in [5.41, 5.74) is 2.73. The highest BCUT2D eigenvalue weighted by molar-refractivity contribution is 7.15. The second-order valence-corrected chi connectivity index (χ2v) is 10.5. The van der Waals surface area contributed by atoms with Crippen molar-refractivity contribution in [2.75, 3.05) is 28.6 Å². The molecule has 0 aliphatic carbocycles. The number of aromatic nitrogens is 5. The number of rotatable bonds is 9. The highest BCUT2D eigenvalue weighted by atomic mass is 32.1. The fourth-order valence-corrected chi connectivity index (χ4v) is 5.50. The van der Waals surface area contributed by atoms with E-state index in [0.717, 1.165) is 23.6 Å². The summed E-state index contributed by atoms with van der Waals surface area (Å²) in [6, 6.07) is 8.56. The first-order valence-corrected chi connectivity index (χ1v) is 13.7. The van der Waals surface area contributed by atoms with Gasteiger partial charge in [-0.15, -0.1) is 44.9 Å². The van der Waals surface area contributed by atoms with Gasteiger partial charge in [-0.25, -0.2) is 4.98 Å². The molecule has 40 heavy (non-hydrogen) atoms. The van der Waals surface area contributed by atoms with Crippen LogP contribution in [0.3, 0.4) is 0 Å². The third-order valence-electron chi connectivity index (χ3n) is 5.79. The fourth-order valence-electron chi connectivity index (χ4n) is 4.06. The average molecular weight is 591 g/mol. The van der Waals surface area contributed by atoms with E-state index in [0.29, 0.717) is 35.3 Å². The van der Waals surface area contributed by atoms with E-state index in [4.69, 9.17) is 0 Å². The number of halogens is 3. The summed E-state index contributed by atoms with van der Waals surface area (Å²) < 4.78 is 41.2. The van der Waals surface area contributed by atoms with Gasteiger partial charge in [0.25, 0.3) is 0 Å². The van der Waals surface area contributed by atoms with Crippen LogP contribution in [-0.2, 0) is 22.4 Å². The van der Waals surface area contributed by atoms with Crippen molar-refractivity contribution in [1.29, 1.82) is 0 Å². The second-order valence-electron chi connectivity index (χ2n) is 8.78. The van der Waals surface area contributed by atoms with Crippen LogP contribution in [0, 0.1) is 0 Å². The molecule has 1 fully saturated rings. The maximum absolute atomic E-state index is 12.4. The van der Waals surface area contributed by atoms with Crippen molar-refractivity contribution in [1.82, 2.24) is 25.4 Å². The van der Waals surface area contributed by atoms with E-state index in [2.05, 4.69) is 40.7 Å². The predicted octanol–water partition coefficient (Wildman–Crippen LogP) is 4.04. The molecule has 5 rings (SSSR count). The largest absolute Gasteiger partial charge is 0.573 e. The van der Waals surface area contributed by atoms with E-state index >= 15 is 0 Å². The molecule has 1 aliphatic rings. The van der Waals surface area contributed by atoms with Crippen LogP contribution < -0.4 is 20.3 Å². The molecule has 1 unspecified atom stereocenters. The molecule has 0 spiro atoms. The Balaban J connectivity index is 1.11. The normalized spacial score (nSPS) is 15.2. The Morgan fingerprint density at radius 1 is 1.05 bits per heavy atom. The smallest absolute Gasteiger partial charge is 0.406 e. The minimum absolute atomic E-state index is 0.111. The molecule has 1 aliphatic heterocycles. The molecule has 2 N–H and O–H groups in total. The van der Waals surface area contributed by atoms with Crippen LogP contribution >= 0.6 is 22.7 Å². The zero-order chi connectivity index (χ0) is 28.1. The highest BCUT2D eigenvalue weighted by Gasteiger charge is 2.31. The number of anilines is 3. The zero-order valence-electron chi connectivity index (χ0n) is 20.6. The Bertz CT molecular complexity index is 1460. The molecule has 2 amide bonds. The molecule has 0 bridgehead atoms. The maximum Gasteiger partial charge on any atom is 0.573 e. The first-order chi connectivity index (χ1) is 19.2. The number of thiazole rings is 1. The minimum atomic E-state index is -4.81. The SMILES string of the molecule is O=C(Cc1cccc(OC(F)(F)F)c1)Nc1ccc(N2CCC(c3nnc(NC(=O)Cc4cscn4)s3)C2)nn1. The van der Waals surface area contributed by atoms with Crippen molar-refractivity contribution in [3.8, 4) is 5.75 Å². The quantitative estimate of drug-likeness (QED) is 0.296. The second kappa shape index (κ2) is 11.9. The van der Waals surface area contributed by atoms with E-state index in [9.17, 15) is 22.8 Å². The van der Waals surface area contributed by atoms with Crippen LogP contribution in [0.2, 0.25) is 0 Å². The van der Waals surface area contributed by atoms with E-state index in [1.807, 2.05) is 10.3 Å². The Morgan fingerprint density at radius 2 is 1.90 bits per heavy atom. The summed E-state index contributed by atoms with van der Waals surface area (Å²) in [7, 11) is 0. The lowest BCUT2D eigenvalue weighted by Crippen LogP contribution is -2.21. The van der Waals surface area contributed by atoms with Crippen molar-refractivity contribution in [3.63, 3.8) is 0 Å². The van der Waals surface area contributed by atoms with Gasteiger partial charge in [0.15, 0.2) is 11.6 Å². The van der Waals surface area contributed by atoms with Crippen molar-refractivity contribution in [2.45, 2.75) is 31.5 Å². The maximum atomic E-state index is 12.4. The third-order valence-corrected chi connectivity index (χ3v) is 7.42. The van der Waals surface area contributed by atoms with Crippen LogP contribution in [0.25, 0.3) is 0 Å². The van der Waals surface area contributed by atoms with Crippen molar-refractivity contribution >= 4 is 51.3 Å². The van der Waals surface area contributed by atoms with Gasteiger partial charge >= 0.3 is 6.36 Å². The van der Waals surface area contributed by atoms with E-state index in [-0.39, 0.29) is 30.5 Å². The highest BCUT2D eigenvalue weighted by Crippen LogP contribution is 2.33. The number of carbonyl (C=O) groups is 2. The number of nitrogens with zero attached hydrogens (tertiary/aromatic N) is 6. The zero-order valence-corrected chi connectivity index (χ0v) is 22.2. The molecule has 11 nitrogen and oxygen atoms in total. The van der Waals surface area contributed by atoms with Gasteiger partial charge in [0.05, 0.1) is 24.0 Å². The van der Waals surface area contributed by atoms with Crippen LogP contribution in [0.4, 0.5) is 29.9 Å². The summed E-state index contributed by atoms with van der Waals surface area (Å²) in [6.07, 6.45) is -3.98. The molecular weight excluding hydrogens is 569 g/mol. The number of benzene rings is 1. The summed E-state index contributed by atoms with van der Waals surface area (Å²) in [6.45, 7) is 1.35. The summed E-state index contributed by atoms with van der Waals surface area (Å²) in [4.78, 5) is 30.7. The molecule has 0 radical (unpaired) electrons. The van der Waals surface area contributed by atoms with Crippen LogP contribution in [-0.4, -0.2) is 56.6 Å². The van der Waals surface area contributed by atoms with Gasteiger partial charge in [0.2, 0.25) is 16.9 Å². The summed E-state index contributed by atoms with van der Waals surface area (Å²) in [5, 5.41) is 25.0. The Kier molecular flexibility index (Phi) is 8.16. The van der Waals surface area contributed by atoms with E-state index in [1.54, 1.807) is 17.6 Å². The number of hydrogen-bond donors (Lipinski definition) is 2. The Labute approximate surface area is 233 Å². The number of amides is 2. The molecule has 208 valence electrons. The van der Waals surface area contributed by atoms with Gasteiger partial charge < -0.3 is 20.3 Å². The number of alkyl halides is 3. The lowest BCUT2D eigenvalue weighted by atomic mass is 10.1. The standard InChI is InChI=1S/C24H21F3N8O3S2/c25-24(26,27)38-17-3-1-2-14(8-17)9-20(36)29-18-4-5-19(32-31-18)35-7-6-15(11-35)22-33-34-23(40-22)30-21(37)10-16-12-39-13-28-16/h1-5,8,12-13,15H,6-7,9-11H2,(H,29,31,36)(H,30,34,37). The number of carbonyl (C=O) groups excluding carboxylic acids is 2. The Hall–Kier alpha value is -4.18. The van der Waals surface area contributed by atoms with Gasteiger partial charge in [-0.1, -0.05) is 23.5 Å². The van der Waals surface area contributed by atoms with Crippen LogP contribution in [0.15, 0.2) is 47.3 Å². The molecule has 4 aromatic rings. The molecule has 1 aromatic carbocycles. The van der Waals surface area contributed by atoms with Gasteiger partial charge in [-0.2, -0.15) is 0 Å². The van der Waals surface area contributed by atoms with Crippen LogP contribution in [0.1, 0.15) is 28.6 Å². The van der Waals surface area contributed by atoms with Crippen molar-refractivity contribution in [2.24, 2.45) is 0 Å². The topological polar surface area (TPSA) is 135 Å². The molecule has 16 heteroatoms. The first kappa shape index (κ1) is 27.4. The molecule has 1 saturated heterocycles. The van der Waals surface area contributed by atoms with Gasteiger partial charge in [0.1, 0.15) is 10.8 Å². The minimum Gasteiger partial charge on any atom is -0.406 e. The van der Waals surface area contributed by atoms with Gasteiger partial charge in [0, 0.05) is 24.4 Å². The Morgan fingerprint density at radius 3 is 2.65 bits per heavy atom. The third kappa shape index (κ3) is 7.47.